The van der Waals surface area contributed by atoms with Gasteiger partial charge in [-0.3, -0.25) is 9.59 Å². The van der Waals surface area contributed by atoms with Gasteiger partial charge < -0.3 is 9.42 Å². The Morgan fingerprint density at radius 2 is 2.12 bits per heavy atom. The first-order chi connectivity index (χ1) is 11.7. The van der Waals surface area contributed by atoms with Crippen LogP contribution in [0.4, 0.5) is 0 Å². The third-order valence-corrected chi connectivity index (χ3v) is 4.85. The number of carbonyl (C=O) groups is 2. The van der Waals surface area contributed by atoms with E-state index in [1.165, 1.54) is 5.01 Å². The van der Waals surface area contributed by atoms with E-state index in [9.17, 15) is 9.59 Å². The molecule has 0 spiro atoms. The number of hydrogen-bond acceptors (Lipinski definition) is 6. The second kappa shape index (κ2) is 5.99. The van der Waals surface area contributed by atoms with Crippen LogP contribution < -0.4 is 0 Å². The van der Waals surface area contributed by atoms with Crippen LogP contribution in [0, 0.1) is 0 Å². The van der Waals surface area contributed by atoms with Gasteiger partial charge in [-0.05, 0) is 32.6 Å². The van der Waals surface area contributed by atoms with E-state index in [1.54, 1.807) is 4.90 Å². The molecule has 1 aromatic heterocycles. The standard InChI is InChI=1S/C16H21N5O3/c1-2-21-13(22)8-7-11(18-21)16(23)20-9-3-4-12(20)14-17-15(24-19-14)10-5-6-10/h10,12H,2-9H2,1H3. The van der Waals surface area contributed by atoms with Gasteiger partial charge in [-0.1, -0.05) is 5.16 Å². The summed E-state index contributed by atoms with van der Waals surface area (Å²) >= 11 is 0. The Bertz CT molecular complexity index is 694. The van der Waals surface area contributed by atoms with Gasteiger partial charge in [0.05, 0.1) is 6.04 Å². The average molecular weight is 331 g/mol. The van der Waals surface area contributed by atoms with Crippen LogP contribution in [0.3, 0.4) is 0 Å². The summed E-state index contributed by atoms with van der Waals surface area (Å²) in [5.74, 6) is 1.56. The lowest BCUT2D eigenvalue weighted by Gasteiger charge is -2.26. The van der Waals surface area contributed by atoms with Crippen molar-refractivity contribution in [3.8, 4) is 0 Å². The Hall–Kier alpha value is -2.25. The first-order valence-electron chi connectivity index (χ1n) is 8.69. The van der Waals surface area contributed by atoms with Gasteiger partial charge in [0.1, 0.15) is 5.71 Å². The van der Waals surface area contributed by atoms with Crippen LogP contribution in [-0.2, 0) is 9.59 Å². The van der Waals surface area contributed by atoms with Crippen molar-refractivity contribution in [3.63, 3.8) is 0 Å². The Morgan fingerprint density at radius 3 is 2.88 bits per heavy atom. The summed E-state index contributed by atoms with van der Waals surface area (Å²) in [4.78, 5) is 30.9. The molecule has 1 aliphatic carbocycles. The van der Waals surface area contributed by atoms with E-state index < -0.39 is 0 Å². The second-order valence-corrected chi connectivity index (χ2v) is 6.58. The molecular formula is C16H21N5O3. The van der Waals surface area contributed by atoms with Crippen molar-refractivity contribution in [2.45, 2.75) is 57.4 Å². The SMILES string of the molecule is CCN1N=C(C(=O)N2CCCC2c2noc(C3CC3)n2)CCC1=O. The Kier molecular flexibility index (Phi) is 3.82. The van der Waals surface area contributed by atoms with Crippen LogP contribution in [-0.4, -0.2) is 50.7 Å². The number of amides is 2. The lowest BCUT2D eigenvalue weighted by molar-refractivity contribution is -0.132. The molecule has 1 saturated heterocycles. The van der Waals surface area contributed by atoms with E-state index in [4.69, 9.17) is 4.52 Å². The molecule has 4 rings (SSSR count). The smallest absolute Gasteiger partial charge is 0.270 e. The molecule has 8 heteroatoms. The van der Waals surface area contributed by atoms with Crippen molar-refractivity contribution in [2.24, 2.45) is 5.10 Å². The summed E-state index contributed by atoms with van der Waals surface area (Å²) in [6, 6.07) is -0.149. The quantitative estimate of drug-likeness (QED) is 0.836. The summed E-state index contributed by atoms with van der Waals surface area (Å²) in [6.07, 6.45) is 4.69. The van der Waals surface area contributed by atoms with Crippen molar-refractivity contribution in [2.75, 3.05) is 13.1 Å². The number of hydrogen-bond donors (Lipinski definition) is 0. The number of likely N-dealkylation sites (tertiary alicyclic amines) is 1. The molecule has 1 saturated carbocycles. The summed E-state index contributed by atoms with van der Waals surface area (Å²) in [5, 5.41) is 9.71. The highest BCUT2D eigenvalue weighted by Gasteiger charge is 2.38. The predicted octanol–water partition coefficient (Wildman–Crippen LogP) is 1.61. The minimum Gasteiger partial charge on any atom is -0.339 e. The van der Waals surface area contributed by atoms with Crippen molar-refractivity contribution >= 4 is 17.5 Å². The van der Waals surface area contributed by atoms with Crippen molar-refractivity contribution in [1.82, 2.24) is 20.0 Å². The number of hydrazone groups is 1. The lowest BCUT2D eigenvalue weighted by Crippen LogP contribution is -2.41. The van der Waals surface area contributed by atoms with Crippen molar-refractivity contribution < 1.29 is 14.1 Å². The average Bonchev–Trinajstić information content (AvgIpc) is 3.13. The van der Waals surface area contributed by atoms with E-state index in [-0.39, 0.29) is 17.9 Å². The van der Waals surface area contributed by atoms with Crippen LogP contribution in [0.5, 0.6) is 0 Å². The molecule has 2 aliphatic heterocycles. The highest BCUT2D eigenvalue weighted by Crippen LogP contribution is 2.40. The zero-order valence-corrected chi connectivity index (χ0v) is 13.8. The maximum Gasteiger partial charge on any atom is 0.270 e. The highest BCUT2D eigenvalue weighted by atomic mass is 16.5. The fraction of sp³-hybridized carbons (Fsp3) is 0.688. The molecule has 128 valence electrons. The maximum absolute atomic E-state index is 12.9. The van der Waals surface area contributed by atoms with E-state index in [2.05, 4.69) is 15.2 Å². The number of aromatic nitrogens is 2. The second-order valence-electron chi connectivity index (χ2n) is 6.58. The molecule has 2 amide bonds. The molecule has 0 bridgehead atoms. The van der Waals surface area contributed by atoms with E-state index in [0.29, 0.717) is 49.3 Å². The summed E-state index contributed by atoms with van der Waals surface area (Å²) in [5.41, 5.74) is 0.453. The van der Waals surface area contributed by atoms with Gasteiger partial charge >= 0.3 is 0 Å². The minimum atomic E-state index is -0.149. The van der Waals surface area contributed by atoms with Crippen molar-refractivity contribution in [3.05, 3.63) is 11.7 Å². The molecular weight excluding hydrogens is 310 g/mol. The fourth-order valence-corrected chi connectivity index (χ4v) is 3.33. The van der Waals surface area contributed by atoms with Crippen LogP contribution in [0.2, 0.25) is 0 Å². The largest absolute Gasteiger partial charge is 0.339 e. The van der Waals surface area contributed by atoms with E-state index >= 15 is 0 Å². The fourth-order valence-electron chi connectivity index (χ4n) is 3.33. The van der Waals surface area contributed by atoms with Crippen LogP contribution in [0.1, 0.15) is 69.1 Å². The summed E-state index contributed by atoms with van der Waals surface area (Å²) in [6.45, 7) is 3.00. The summed E-state index contributed by atoms with van der Waals surface area (Å²) in [7, 11) is 0. The molecule has 0 aromatic carbocycles. The summed E-state index contributed by atoms with van der Waals surface area (Å²) < 4.78 is 5.34. The Morgan fingerprint density at radius 1 is 1.29 bits per heavy atom. The van der Waals surface area contributed by atoms with Crippen LogP contribution >= 0.6 is 0 Å². The van der Waals surface area contributed by atoms with E-state index in [0.717, 1.165) is 25.7 Å². The topological polar surface area (TPSA) is 91.9 Å². The number of nitrogens with zero attached hydrogens (tertiary/aromatic N) is 5. The lowest BCUT2D eigenvalue weighted by atomic mass is 10.1. The van der Waals surface area contributed by atoms with Crippen LogP contribution in [0.25, 0.3) is 0 Å². The molecule has 1 atom stereocenters. The Balaban J connectivity index is 1.53. The molecule has 8 nitrogen and oxygen atoms in total. The maximum atomic E-state index is 12.9. The molecule has 3 heterocycles. The number of carbonyl (C=O) groups excluding carboxylic acids is 2. The number of rotatable bonds is 4. The molecule has 1 aromatic rings. The zero-order valence-electron chi connectivity index (χ0n) is 13.8. The van der Waals surface area contributed by atoms with Gasteiger partial charge in [0.15, 0.2) is 5.82 Å². The minimum absolute atomic E-state index is 0.0285. The van der Waals surface area contributed by atoms with Gasteiger partial charge in [-0.15, -0.1) is 0 Å². The van der Waals surface area contributed by atoms with Gasteiger partial charge in [0.2, 0.25) is 11.8 Å². The van der Waals surface area contributed by atoms with Crippen molar-refractivity contribution in [1.29, 1.82) is 0 Å². The highest BCUT2D eigenvalue weighted by molar-refractivity contribution is 6.39. The third kappa shape index (κ3) is 2.70. The van der Waals surface area contributed by atoms with Crippen LogP contribution in [0.15, 0.2) is 9.62 Å². The molecule has 0 radical (unpaired) electrons. The third-order valence-electron chi connectivity index (χ3n) is 4.85. The van der Waals surface area contributed by atoms with E-state index in [1.807, 2.05) is 6.92 Å². The molecule has 1 unspecified atom stereocenters. The van der Waals surface area contributed by atoms with Gasteiger partial charge in [-0.2, -0.15) is 10.1 Å². The monoisotopic (exact) mass is 331 g/mol. The predicted molar refractivity (Wildman–Crippen MR) is 84.0 cm³/mol. The Labute approximate surface area is 139 Å². The molecule has 3 aliphatic rings. The molecule has 2 fully saturated rings. The van der Waals surface area contributed by atoms with Gasteiger partial charge in [-0.25, -0.2) is 5.01 Å². The van der Waals surface area contributed by atoms with Gasteiger partial charge in [0, 0.05) is 31.8 Å². The first-order valence-corrected chi connectivity index (χ1v) is 8.69. The zero-order chi connectivity index (χ0) is 16.7. The molecule has 0 N–H and O–H groups in total. The first kappa shape index (κ1) is 15.3. The molecule has 24 heavy (non-hydrogen) atoms. The van der Waals surface area contributed by atoms with Gasteiger partial charge in [0.25, 0.3) is 5.91 Å². The normalized spacial score (nSPS) is 24.5.